The second kappa shape index (κ2) is 6.00. The monoisotopic (exact) mass is 336 g/mol. The fraction of sp³-hybridized carbons (Fsp3) is 0.609. The number of carbonyl (C=O) groups is 1. The van der Waals surface area contributed by atoms with E-state index in [0.29, 0.717) is 11.8 Å². The van der Waals surface area contributed by atoms with E-state index in [1.807, 2.05) is 0 Å². The number of aliphatic carboxylic acids is 1. The first-order valence-corrected chi connectivity index (χ1v) is 10.3. The molecule has 5 aliphatic rings. The highest BCUT2D eigenvalue weighted by Gasteiger charge is 2.40. The van der Waals surface area contributed by atoms with Crippen LogP contribution in [0.25, 0.3) is 0 Å². The first-order chi connectivity index (χ1) is 12.2. The maximum absolute atomic E-state index is 11.5. The van der Waals surface area contributed by atoms with Gasteiger partial charge in [0.25, 0.3) is 0 Å². The lowest BCUT2D eigenvalue weighted by Gasteiger charge is -2.43. The zero-order valence-corrected chi connectivity index (χ0v) is 15.0. The zero-order valence-electron chi connectivity index (χ0n) is 15.0. The summed E-state index contributed by atoms with van der Waals surface area (Å²) in [5, 5.41) is 9.48. The van der Waals surface area contributed by atoms with Gasteiger partial charge in [-0.2, -0.15) is 0 Å². The molecular formula is C23H28O2. The summed E-state index contributed by atoms with van der Waals surface area (Å²) in [5.41, 5.74) is 7.90. The molecule has 0 heterocycles. The van der Waals surface area contributed by atoms with Crippen molar-refractivity contribution in [3.63, 3.8) is 0 Å². The highest BCUT2D eigenvalue weighted by Crippen LogP contribution is 2.53. The first kappa shape index (κ1) is 15.7. The minimum atomic E-state index is -0.596. The van der Waals surface area contributed by atoms with E-state index in [-0.39, 0.29) is 5.92 Å². The van der Waals surface area contributed by atoms with Crippen LogP contribution in [0.1, 0.15) is 64.2 Å². The minimum Gasteiger partial charge on any atom is -0.481 e. The molecule has 0 aromatic carbocycles. The number of carboxylic acids is 1. The van der Waals surface area contributed by atoms with Crippen molar-refractivity contribution < 1.29 is 9.90 Å². The van der Waals surface area contributed by atoms with E-state index in [9.17, 15) is 9.90 Å². The van der Waals surface area contributed by atoms with Crippen LogP contribution in [-0.2, 0) is 4.79 Å². The normalized spacial score (nSPS) is 36.9. The Hall–Kier alpha value is -1.57. The molecule has 0 aliphatic heterocycles. The molecule has 1 fully saturated rings. The average molecular weight is 336 g/mol. The summed E-state index contributed by atoms with van der Waals surface area (Å²) in [6, 6.07) is 0. The fourth-order valence-corrected chi connectivity index (χ4v) is 6.29. The smallest absolute Gasteiger partial charge is 0.306 e. The van der Waals surface area contributed by atoms with Crippen LogP contribution in [0.4, 0.5) is 0 Å². The van der Waals surface area contributed by atoms with Gasteiger partial charge in [0.15, 0.2) is 0 Å². The Morgan fingerprint density at radius 1 is 0.960 bits per heavy atom. The van der Waals surface area contributed by atoms with E-state index >= 15 is 0 Å². The third-order valence-electron chi connectivity index (χ3n) is 7.55. The van der Waals surface area contributed by atoms with Crippen molar-refractivity contribution in [2.75, 3.05) is 0 Å². The highest BCUT2D eigenvalue weighted by atomic mass is 16.4. The molecule has 25 heavy (non-hydrogen) atoms. The van der Waals surface area contributed by atoms with Crippen molar-refractivity contribution in [3.05, 3.63) is 46.1 Å². The van der Waals surface area contributed by atoms with E-state index in [4.69, 9.17) is 0 Å². The van der Waals surface area contributed by atoms with Crippen molar-refractivity contribution in [1.82, 2.24) is 0 Å². The Morgan fingerprint density at radius 2 is 1.84 bits per heavy atom. The SMILES string of the molecule is O=C(O)C1CCC2CCC3C(=C2C1)C=CC1=C3CCC2CCCC=C12. The standard InChI is InChI=1S/C23H28O2/c24-23(25)16-6-5-15-8-10-20-19-9-7-14-3-1-2-4-17(14)18(19)11-12-21(20)22(15)13-16/h4,11-12,14-16,20H,1-3,5-10,13H2,(H,24,25). The average Bonchev–Trinajstić information content (AvgIpc) is 2.66. The van der Waals surface area contributed by atoms with Crippen molar-refractivity contribution in [2.45, 2.75) is 64.2 Å². The van der Waals surface area contributed by atoms with Gasteiger partial charge in [-0.25, -0.2) is 0 Å². The van der Waals surface area contributed by atoms with Crippen LogP contribution in [0.3, 0.4) is 0 Å². The largest absolute Gasteiger partial charge is 0.481 e. The summed E-state index contributed by atoms with van der Waals surface area (Å²) in [6.45, 7) is 0. The molecule has 5 rings (SSSR count). The lowest BCUT2D eigenvalue weighted by Crippen LogP contribution is -2.31. The third-order valence-corrected chi connectivity index (χ3v) is 7.55. The molecule has 132 valence electrons. The van der Waals surface area contributed by atoms with Crippen LogP contribution in [0.2, 0.25) is 0 Å². The molecule has 0 aromatic heterocycles. The van der Waals surface area contributed by atoms with Gasteiger partial charge in [-0.15, -0.1) is 0 Å². The molecule has 1 N–H and O–H groups in total. The van der Waals surface area contributed by atoms with Crippen molar-refractivity contribution in [2.24, 2.45) is 23.7 Å². The molecule has 2 heteroatoms. The molecule has 0 amide bonds. The van der Waals surface area contributed by atoms with Crippen LogP contribution in [0, 0.1) is 23.7 Å². The molecule has 2 nitrogen and oxygen atoms in total. The first-order valence-electron chi connectivity index (χ1n) is 10.3. The summed E-state index contributed by atoms with van der Waals surface area (Å²) in [6.07, 6.45) is 19.1. The van der Waals surface area contributed by atoms with E-state index in [0.717, 1.165) is 25.2 Å². The Labute approximate surface area is 150 Å². The summed E-state index contributed by atoms with van der Waals surface area (Å²) in [7, 11) is 0. The number of fused-ring (bicyclic) bond motifs is 5. The van der Waals surface area contributed by atoms with Gasteiger partial charge in [-0.1, -0.05) is 29.4 Å². The summed E-state index contributed by atoms with van der Waals surface area (Å²) < 4.78 is 0. The fourth-order valence-electron chi connectivity index (χ4n) is 6.29. The van der Waals surface area contributed by atoms with E-state index < -0.39 is 5.97 Å². The van der Waals surface area contributed by atoms with Gasteiger partial charge in [0.1, 0.15) is 0 Å². The number of hydrogen-bond acceptors (Lipinski definition) is 1. The van der Waals surface area contributed by atoms with Crippen LogP contribution in [-0.4, -0.2) is 11.1 Å². The molecular weight excluding hydrogens is 308 g/mol. The topological polar surface area (TPSA) is 37.3 Å². The van der Waals surface area contributed by atoms with Gasteiger partial charge in [0.2, 0.25) is 0 Å². The molecule has 1 saturated carbocycles. The Balaban J connectivity index is 1.53. The summed E-state index contributed by atoms with van der Waals surface area (Å²) in [5.74, 6) is 1.29. The predicted octanol–water partition coefficient (Wildman–Crippen LogP) is 5.58. The minimum absolute atomic E-state index is 0.155. The second-order valence-electron chi connectivity index (χ2n) is 8.72. The summed E-state index contributed by atoms with van der Waals surface area (Å²) >= 11 is 0. The van der Waals surface area contributed by atoms with E-state index in [2.05, 4.69) is 18.2 Å². The van der Waals surface area contributed by atoms with Gasteiger partial charge < -0.3 is 5.11 Å². The van der Waals surface area contributed by atoms with Crippen LogP contribution in [0.5, 0.6) is 0 Å². The maximum Gasteiger partial charge on any atom is 0.306 e. The van der Waals surface area contributed by atoms with Crippen LogP contribution < -0.4 is 0 Å². The van der Waals surface area contributed by atoms with E-state index in [1.54, 1.807) is 16.7 Å². The van der Waals surface area contributed by atoms with Gasteiger partial charge in [-0.05, 0) is 92.8 Å². The molecule has 4 unspecified atom stereocenters. The van der Waals surface area contributed by atoms with Crippen molar-refractivity contribution in [1.29, 1.82) is 0 Å². The number of hydrogen-bond donors (Lipinski definition) is 1. The van der Waals surface area contributed by atoms with Crippen LogP contribution >= 0.6 is 0 Å². The molecule has 4 atom stereocenters. The Bertz CT molecular complexity index is 733. The number of rotatable bonds is 1. The molecule has 5 aliphatic carbocycles. The summed E-state index contributed by atoms with van der Waals surface area (Å²) in [4.78, 5) is 11.5. The Kier molecular flexibility index (Phi) is 3.76. The highest BCUT2D eigenvalue weighted by molar-refractivity contribution is 5.71. The van der Waals surface area contributed by atoms with E-state index in [1.165, 1.54) is 56.1 Å². The molecule has 0 saturated heterocycles. The quantitative estimate of drug-likeness (QED) is 0.678. The van der Waals surface area contributed by atoms with Crippen LogP contribution in [0.15, 0.2) is 46.1 Å². The van der Waals surface area contributed by atoms with Gasteiger partial charge in [0, 0.05) is 5.92 Å². The van der Waals surface area contributed by atoms with Crippen molar-refractivity contribution in [3.8, 4) is 0 Å². The lowest BCUT2D eigenvalue weighted by atomic mass is 9.61. The third kappa shape index (κ3) is 2.48. The zero-order chi connectivity index (χ0) is 17.0. The maximum atomic E-state index is 11.5. The van der Waals surface area contributed by atoms with Gasteiger partial charge in [0.05, 0.1) is 5.92 Å². The molecule has 0 spiro atoms. The van der Waals surface area contributed by atoms with Crippen molar-refractivity contribution >= 4 is 5.97 Å². The lowest BCUT2D eigenvalue weighted by molar-refractivity contribution is -0.142. The van der Waals surface area contributed by atoms with Gasteiger partial charge >= 0.3 is 5.97 Å². The number of carboxylic acid groups (broad SMARTS) is 1. The molecule has 0 aromatic rings. The van der Waals surface area contributed by atoms with Gasteiger partial charge in [-0.3, -0.25) is 4.79 Å². The molecule has 0 bridgehead atoms. The predicted molar refractivity (Wildman–Crippen MR) is 99.0 cm³/mol. The number of allylic oxidation sites excluding steroid dienone is 8. The molecule has 0 radical (unpaired) electrons. The second-order valence-corrected chi connectivity index (χ2v) is 8.72. The Morgan fingerprint density at radius 3 is 2.72 bits per heavy atom.